The summed E-state index contributed by atoms with van der Waals surface area (Å²) < 4.78 is 47.6. The fourth-order valence-corrected chi connectivity index (χ4v) is 9.72. The van der Waals surface area contributed by atoms with Gasteiger partial charge in [0.05, 0.1) is 47.1 Å². The second-order valence-electron chi connectivity index (χ2n) is 16.0. The molecule has 0 spiro atoms. The molecule has 3 heterocycles. The lowest BCUT2D eigenvalue weighted by Gasteiger charge is -2.53. The van der Waals surface area contributed by atoms with E-state index in [0.717, 1.165) is 7.11 Å². The van der Waals surface area contributed by atoms with Crippen LogP contribution in [0.15, 0.2) is 12.1 Å². The average molecular weight is 790 g/mol. The van der Waals surface area contributed by atoms with Crippen LogP contribution < -0.4 is 4.74 Å². The van der Waals surface area contributed by atoms with Gasteiger partial charge in [0.1, 0.15) is 70.3 Å². The zero-order chi connectivity index (χ0) is 41.1. The number of likely N-dealkylation sites (N-methyl/N-ethyl adjacent to an activating group) is 1. The second-order valence-corrected chi connectivity index (χ2v) is 16.0. The van der Waals surface area contributed by atoms with Crippen molar-refractivity contribution >= 4 is 27.5 Å². The molecule has 3 aromatic carbocycles. The molecule has 7 rings (SSSR count). The minimum absolute atomic E-state index is 0.000943. The summed E-state index contributed by atoms with van der Waals surface area (Å²) in [5, 5.41) is 81.6. The van der Waals surface area contributed by atoms with Gasteiger partial charge in [0.15, 0.2) is 6.29 Å². The van der Waals surface area contributed by atoms with Crippen molar-refractivity contribution < 1.29 is 78.4 Å². The fraction of sp³-hybridized carbons (Fsp3) is 0.615. The number of aliphatic hydroxyl groups is 3. The molecule has 13 atom stereocenters. The van der Waals surface area contributed by atoms with Crippen LogP contribution in [0.25, 0.3) is 21.5 Å². The largest absolute Gasteiger partial charge is 0.507 e. The third-order valence-corrected chi connectivity index (χ3v) is 12.5. The lowest BCUT2D eigenvalue weighted by Crippen LogP contribution is -2.68. The minimum atomic E-state index is -1.87. The quantitative estimate of drug-likeness (QED) is 0.103. The van der Waals surface area contributed by atoms with Crippen LogP contribution in [-0.4, -0.2) is 149 Å². The summed E-state index contributed by atoms with van der Waals surface area (Å²) >= 11 is 0. The summed E-state index contributed by atoms with van der Waals surface area (Å²) in [7, 11) is 8.93. The Morgan fingerprint density at radius 2 is 1.57 bits per heavy atom. The zero-order valence-corrected chi connectivity index (χ0v) is 32.9. The topological polar surface area (TPSA) is 236 Å². The molecule has 0 amide bonds. The molecular weight excluding hydrogens is 738 g/mol. The first-order chi connectivity index (χ1) is 26.2. The van der Waals surface area contributed by atoms with Crippen LogP contribution in [-0.2, 0) is 43.6 Å². The predicted octanol–water partition coefficient (Wildman–Crippen LogP) is 2.08. The predicted molar refractivity (Wildman–Crippen MR) is 196 cm³/mol. The Labute approximate surface area is 322 Å². The van der Waals surface area contributed by atoms with Crippen molar-refractivity contribution in [2.75, 3.05) is 42.5 Å². The summed E-state index contributed by atoms with van der Waals surface area (Å²) in [4.78, 5) is 15.1. The highest BCUT2D eigenvalue weighted by molar-refractivity contribution is 6.17. The number of benzene rings is 3. The Morgan fingerprint density at radius 1 is 0.911 bits per heavy atom. The highest BCUT2D eigenvalue weighted by Gasteiger charge is 2.59. The number of phenolic OH excluding ortho intramolecular Hbond substituents is 4. The standard InChI is InChI=1S/C39H51NO16/c1-14-32(49-7)39(4,52-10)33(50-8)36(53-14)54-19-13-37(2,48)24(34(47)51-9)15-11-16-21(27(43)20(15)19)28(44)22-18(41)12-17-30(23(22)26(16)42)55-35-29(45)25(40(5)6)31(46)38(17,3)56-35/h11-12,14,19,24-25,29,31-33,35-36,41-46,48H,13H2,1-10H3/t14-,19-,24-,25-,29-,31+,32-,33-,35+,36-,37-,38+,39-/m1/s1. The van der Waals surface area contributed by atoms with E-state index >= 15 is 0 Å². The van der Waals surface area contributed by atoms with Crippen LogP contribution in [0.2, 0.25) is 0 Å². The van der Waals surface area contributed by atoms with E-state index in [1.165, 1.54) is 40.4 Å². The van der Waals surface area contributed by atoms with E-state index in [2.05, 4.69) is 0 Å². The molecular formula is C39H51NO16. The Bertz CT molecular complexity index is 2070. The number of nitrogens with zero attached hydrogens (tertiary/aromatic N) is 1. The van der Waals surface area contributed by atoms with Gasteiger partial charge in [0, 0.05) is 44.3 Å². The maximum Gasteiger partial charge on any atom is 0.316 e. The molecule has 3 aliphatic heterocycles. The van der Waals surface area contributed by atoms with E-state index in [-0.39, 0.29) is 50.4 Å². The van der Waals surface area contributed by atoms with Gasteiger partial charge in [0.2, 0.25) is 6.29 Å². The number of aromatic hydroxyl groups is 4. The van der Waals surface area contributed by atoms with Gasteiger partial charge in [-0.1, -0.05) is 0 Å². The summed E-state index contributed by atoms with van der Waals surface area (Å²) in [5.41, 5.74) is -4.47. The molecule has 0 radical (unpaired) electrons. The van der Waals surface area contributed by atoms with Gasteiger partial charge < -0.3 is 78.5 Å². The van der Waals surface area contributed by atoms with Gasteiger partial charge in [-0.25, -0.2) is 0 Å². The number of phenols is 4. The molecule has 2 fully saturated rings. The van der Waals surface area contributed by atoms with Crippen molar-refractivity contribution in [2.45, 2.75) is 112 Å². The normalized spacial score (nSPS) is 38.0. The molecule has 17 nitrogen and oxygen atoms in total. The van der Waals surface area contributed by atoms with E-state index in [1.54, 1.807) is 39.8 Å². The molecule has 0 saturated carbocycles. The number of fused-ring (bicyclic) bond motifs is 8. The van der Waals surface area contributed by atoms with Crippen LogP contribution >= 0.6 is 0 Å². The highest BCUT2D eigenvalue weighted by Crippen LogP contribution is 2.60. The molecule has 2 saturated heterocycles. The molecule has 17 heteroatoms. The Hall–Kier alpha value is -3.75. The van der Waals surface area contributed by atoms with Gasteiger partial charge in [-0.15, -0.1) is 0 Å². The van der Waals surface area contributed by atoms with E-state index < -0.39 is 107 Å². The number of ether oxygens (including phenoxy) is 8. The van der Waals surface area contributed by atoms with Crippen LogP contribution in [0.3, 0.4) is 0 Å². The average Bonchev–Trinajstić information content (AvgIpc) is 3.12. The Morgan fingerprint density at radius 3 is 2.16 bits per heavy atom. The van der Waals surface area contributed by atoms with Gasteiger partial charge >= 0.3 is 5.97 Å². The fourth-order valence-electron chi connectivity index (χ4n) is 9.72. The monoisotopic (exact) mass is 789 g/mol. The molecule has 1 aliphatic carbocycles. The minimum Gasteiger partial charge on any atom is -0.507 e. The first-order valence-corrected chi connectivity index (χ1v) is 18.3. The van der Waals surface area contributed by atoms with Crippen LogP contribution in [0.4, 0.5) is 0 Å². The van der Waals surface area contributed by atoms with Gasteiger partial charge in [-0.3, -0.25) is 4.79 Å². The number of esters is 1. The number of hydrogen-bond acceptors (Lipinski definition) is 17. The number of carbonyl (C=O) groups is 1. The van der Waals surface area contributed by atoms with Gasteiger partial charge in [-0.05, 0) is 59.5 Å². The smallest absolute Gasteiger partial charge is 0.316 e. The van der Waals surface area contributed by atoms with Gasteiger partial charge in [0.25, 0.3) is 0 Å². The van der Waals surface area contributed by atoms with Crippen LogP contribution in [0.1, 0.15) is 62.8 Å². The number of methoxy groups -OCH3 is 4. The molecule has 4 aliphatic rings. The number of aliphatic hydroxyl groups excluding tert-OH is 2. The number of rotatable bonds is 7. The van der Waals surface area contributed by atoms with Crippen LogP contribution in [0, 0.1) is 0 Å². The van der Waals surface area contributed by atoms with Crippen molar-refractivity contribution in [1.82, 2.24) is 4.90 Å². The van der Waals surface area contributed by atoms with E-state index in [1.807, 2.05) is 0 Å². The highest BCUT2D eigenvalue weighted by atomic mass is 16.7. The zero-order valence-electron chi connectivity index (χ0n) is 32.9. The summed E-state index contributed by atoms with van der Waals surface area (Å²) in [6, 6.07) is 1.70. The maximum absolute atomic E-state index is 13.5. The van der Waals surface area contributed by atoms with Crippen molar-refractivity contribution in [1.29, 1.82) is 0 Å². The van der Waals surface area contributed by atoms with Crippen LogP contribution in [0.5, 0.6) is 28.7 Å². The van der Waals surface area contributed by atoms with Crippen molar-refractivity contribution in [3.63, 3.8) is 0 Å². The maximum atomic E-state index is 13.5. The van der Waals surface area contributed by atoms with Gasteiger partial charge in [-0.2, -0.15) is 0 Å². The van der Waals surface area contributed by atoms with E-state index in [9.17, 15) is 40.5 Å². The van der Waals surface area contributed by atoms with Crippen molar-refractivity contribution in [3.8, 4) is 28.7 Å². The van der Waals surface area contributed by atoms with Crippen molar-refractivity contribution in [2.24, 2.45) is 0 Å². The SMILES string of the molecule is COC(=O)[C@H]1c2cc3c(O)c4c5c(cc(O)c4c(O)c3c(O)c2[C@H](O[C@H]2O[C@H](C)[C@@H](OC)[C@@](C)(OC)[C@@H]2OC)C[C@@]1(C)O)[C@]1(C)O[C@H](O5)[C@H](O)[C@@H](N(C)C)[C@@H]1O. The number of carbonyl (C=O) groups excluding carboxylic acids is 1. The second kappa shape index (κ2) is 13.7. The number of hydrogen-bond donors (Lipinski definition) is 7. The molecule has 7 N–H and O–H groups in total. The lowest BCUT2D eigenvalue weighted by atomic mass is 9.70. The molecule has 0 aromatic heterocycles. The Kier molecular flexibility index (Phi) is 9.88. The summed E-state index contributed by atoms with van der Waals surface area (Å²) in [6.07, 6.45) is -8.87. The first kappa shape index (κ1) is 40.4. The molecule has 56 heavy (non-hydrogen) atoms. The lowest BCUT2D eigenvalue weighted by molar-refractivity contribution is -0.345. The first-order valence-electron chi connectivity index (χ1n) is 18.3. The van der Waals surface area contributed by atoms with E-state index in [0.29, 0.717) is 0 Å². The Balaban J connectivity index is 1.48. The molecule has 308 valence electrons. The third kappa shape index (κ3) is 5.47. The summed E-state index contributed by atoms with van der Waals surface area (Å²) in [5.74, 6) is -4.87. The van der Waals surface area contributed by atoms with Crippen molar-refractivity contribution in [3.05, 3.63) is 28.8 Å². The molecule has 0 unspecified atom stereocenters. The van der Waals surface area contributed by atoms with E-state index in [4.69, 9.17) is 37.9 Å². The summed E-state index contributed by atoms with van der Waals surface area (Å²) in [6.45, 7) is 6.50. The molecule has 2 bridgehead atoms. The third-order valence-electron chi connectivity index (χ3n) is 12.5. The molecule has 3 aromatic rings.